The van der Waals surface area contributed by atoms with Crippen molar-refractivity contribution in [1.29, 1.82) is 0 Å². The molecule has 0 saturated carbocycles. The highest BCUT2D eigenvalue weighted by Gasteiger charge is 1.96. The molecule has 3 nitrogen and oxygen atoms in total. The summed E-state index contributed by atoms with van der Waals surface area (Å²) in [6.07, 6.45) is 2.18. The van der Waals surface area contributed by atoms with E-state index in [0.717, 1.165) is 57.4 Å². The van der Waals surface area contributed by atoms with Gasteiger partial charge in [-0.05, 0) is 36.5 Å². The van der Waals surface area contributed by atoms with E-state index in [1.807, 2.05) is 12.1 Å². The Morgan fingerprint density at radius 2 is 1.80 bits per heavy atom. The van der Waals surface area contributed by atoms with E-state index in [4.69, 9.17) is 9.47 Å². The van der Waals surface area contributed by atoms with E-state index in [0.29, 0.717) is 0 Å². The minimum Gasteiger partial charge on any atom is -0.494 e. The van der Waals surface area contributed by atoms with Crippen LogP contribution in [0.5, 0.6) is 5.75 Å². The summed E-state index contributed by atoms with van der Waals surface area (Å²) in [4.78, 5) is 0. The van der Waals surface area contributed by atoms with E-state index in [9.17, 15) is 0 Å². The number of hydrogen-bond donors (Lipinski definition) is 1. The maximum atomic E-state index is 5.56. The van der Waals surface area contributed by atoms with Gasteiger partial charge in [0.25, 0.3) is 0 Å². The van der Waals surface area contributed by atoms with Crippen LogP contribution in [0.2, 0.25) is 0 Å². The van der Waals surface area contributed by atoms with Crippen molar-refractivity contribution >= 4 is 0 Å². The summed E-state index contributed by atoms with van der Waals surface area (Å²) in [5.41, 5.74) is 1.27. The highest BCUT2D eigenvalue weighted by atomic mass is 16.5. The van der Waals surface area contributed by atoms with Crippen molar-refractivity contribution in [3.05, 3.63) is 29.8 Å². The van der Waals surface area contributed by atoms with E-state index in [1.165, 1.54) is 5.56 Å². The molecule has 0 bridgehead atoms. The van der Waals surface area contributed by atoms with Gasteiger partial charge in [0, 0.05) is 19.7 Å². The first kappa shape index (κ1) is 17.0. The molecule has 0 unspecified atom stereocenters. The van der Waals surface area contributed by atoms with Gasteiger partial charge in [-0.15, -0.1) is 0 Å². The van der Waals surface area contributed by atoms with Crippen molar-refractivity contribution in [1.82, 2.24) is 5.32 Å². The molecule has 20 heavy (non-hydrogen) atoms. The zero-order chi connectivity index (χ0) is 14.6. The molecule has 0 saturated heterocycles. The number of hydrogen-bond acceptors (Lipinski definition) is 3. The Kier molecular flexibility index (Phi) is 9.09. The highest BCUT2D eigenvalue weighted by molar-refractivity contribution is 5.27. The lowest BCUT2D eigenvalue weighted by Crippen LogP contribution is -2.19. The molecule has 0 amide bonds. The first-order valence-electron chi connectivity index (χ1n) is 7.72. The van der Waals surface area contributed by atoms with Gasteiger partial charge in [0.1, 0.15) is 5.75 Å². The lowest BCUT2D eigenvalue weighted by atomic mass is 10.1. The van der Waals surface area contributed by atoms with Gasteiger partial charge in [-0.2, -0.15) is 0 Å². The molecule has 0 heterocycles. The summed E-state index contributed by atoms with van der Waals surface area (Å²) in [6.45, 7) is 10.7. The molecule has 114 valence electrons. The summed E-state index contributed by atoms with van der Waals surface area (Å²) >= 11 is 0. The van der Waals surface area contributed by atoms with Crippen molar-refractivity contribution in [2.24, 2.45) is 5.92 Å². The molecular weight excluding hydrogens is 250 g/mol. The quantitative estimate of drug-likeness (QED) is 0.627. The Labute approximate surface area is 123 Å². The third-order valence-electron chi connectivity index (χ3n) is 2.99. The van der Waals surface area contributed by atoms with E-state index >= 15 is 0 Å². The van der Waals surface area contributed by atoms with Crippen LogP contribution in [0, 0.1) is 5.92 Å². The SMILES string of the molecule is CCCOc1ccc(CNCCOCCC(C)C)cc1. The van der Waals surface area contributed by atoms with Crippen molar-refractivity contribution < 1.29 is 9.47 Å². The molecule has 0 aromatic heterocycles. The minimum absolute atomic E-state index is 0.719. The molecule has 0 radical (unpaired) electrons. The second-order valence-electron chi connectivity index (χ2n) is 5.46. The van der Waals surface area contributed by atoms with Crippen LogP contribution in [-0.2, 0) is 11.3 Å². The molecule has 1 rings (SSSR count). The number of ether oxygens (including phenoxy) is 2. The Morgan fingerprint density at radius 1 is 1.05 bits per heavy atom. The molecule has 0 fully saturated rings. The van der Waals surface area contributed by atoms with Gasteiger partial charge in [0.15, 0.2) is 0 Å². The van der Waals surface area contributed by atoms with Gasteiger partial charge in [-0.1, -0.05) is 32.9 Å². The first-order chi connectivity index (χ1) is 9.72. The molecule has 0 aliphatic heterocycles. The van der Waals surface area contributed by atoms with Gasteiger partial charge < -0.3 is 14.8 Å². The molecule has 1 aromatic carbocycles. The number of rotatable bonds is 11. The third-order valence-corrected chi connectivity index (χ3v) is 2.99. The van der Waals surface area contributed by atoms with Gasteiger partial charge in [0.05, 0.1) is 13.2 Å². The Balaban J connectivity index is 2.07. The average molecular weight is 279 g/mol. The number of nitrogens with one attached hydrogen (secondary N) is 1. The summed E-state index contributed by atoms with van der Waals surface area (Å²) in [7, 11) is 0. The van der Waals surface area contributed by atoms with E-state index in [2.05, 4.69) is 38.2 Å². The highest BCUT2D eigenvalue weighted by Crippen LogP contribution is 2.12. The zero-order valence-electron chi connectivity index (χ0n) is 13.2. The Morgan fingerprint density at radius 3 is 2.45 bits per heavy atom. The van der Waals surface area contributed by atoms with Crippen LogP contribution in [0.3, 0.4) is 0 Å². The fourth-order valence-electron chi connectivity index (χ4n) is 1.72. The maximum Gasteiger partial charge on any atom is 0.119 e. The average Bonchev–Trinajstić information content (AvgIpc) is 2.45. The van der Waals surface area contributed by atoms with Crippen LogP contribution in [0.1, 0.15) is 39.2 Å². The van der Waals surface area contributed by atoms with Crippen LogP contribution >= 0.6 is 0 Å². The largest absolute Gasteiger partial charge is 0.494 e. The standard InChI is InChI=1S/C17H29NO2/c1-4-11-20-17-7-5-16(6-8-17)14-18-10-13-19-12-9-15(2)3/h5-8,15,18H,4,9-14H2,1-3H3. The predicted octanol–water partition coefficient (Wildman–Crippen LogP) is 3.63. The summed E-state index contributed by atoms with van der Waals surface area (Å²) in [5, 5.41) is 3.39. The van der Waals surface area contributed by atoms with Crippen molar-refractivity contribution in [2.45, 2.75) is 40.2 Å². The fraction of sp³-hybridized carbons (Fsp3) is 0.647. The smallest absolute Gasteiger partial charge is 0.119 e. The lowest BCUT2D eigenvalue weighted by Gasteiger charge is -2.08. The summed E-state index contributed by atoms with van der Waals surface area (Å²) < 4.78 is 11.1. The fourth-order valence-corrected chi connectivity index (χ4v) is 1.72. The molecule has 1 N–H and O–H groups in total. The normalized spacial score (nSPS) is 11.0. The van der Waals surface area contributed by atoms with Crippen LogP contribution < -0.4 is 10.1 Å². The Bertz CT molecular complexity index is 335. The lowest BCUT2D eigenvalue weighted by molar-refractivity contribution is 0.125. The van der Waals surface area contributed by atoms with E-state index < -0.39 is 0 Å². The Hall–Kier alpha value is -1.06. The van der Waals surface area contributed by atoms with Crippen molar-refractivity contribution in [3.63, 3.8) is 0 Å². The molecule has 0 aliphatic rings. The third kappa shape index (κ3) is 8.18. The van der Waals surface area contributed by atoms with Crippen LogP contribution in [0.4, 0.5) is 0 Å². The second kappa shape index (κ2) is 10.7. The molecule has 1 aromatic rings. The molecule has 0 atom stereocenters. The van der Waals surface area contributed by atoms with Gasteiger partial charge in [0.2, 0.25) is 0 Å². The molecule has 0 aliphatic carbocycles. The van der Waals surface area contributed by atoms with Crippen LogP contribution in [0.25, 0.3) is 0 Å². The predicted molar refractivity (Wildman–Crippen MR) is 84.2 cm³/mol. The molecule has 3 heteroatoms. The summed E-state index contributed by atoms with van der Waals surface area (Å²) in [5.74, 6) is 1.67. The number of benzene rings is 1. The van der Waals surface area contributed by atoms with Gasteiger partial charge >= 0.3 is 0 Å². The molecular formula is C17H29NO2. The van der Waals surface area contributed by atoms with Gasteiger partial charge in [-0.25, -0.2) is 0 Å². The maximum absolute atomic E-state index is 5.56. The van der Waals surface area contributed by atoms with Crippen LogP contribution in [-0.4, -0.2) is 26.4 Å². The first-order valence-corrected chi connectivity index (χ1v) is 7.72. The summed E-state index contributed by atoms with van der Waals surface area (Å²) in [6, 6.07) is 8.28. The molecule has 0 spiro atoms. The van der Waals surface area contributed by atoms with Crippen molar-refractivity contribution in [3.8, 4) is 5.75 Å². The minimum atomic E-state index is 0.719. The monoisotopic (exact) mass is 279 g/mol. The second-order valence-corrected chi connectivity index (χ2v) is 5.46. The van der Waals surface area contributed by atoms with E-state index in [1.54, 1.807) is 0 Å². The van der Waals surface area contributed by atoms with Crippen molar-refractivity contribution in [2.75, 3.05) is 26.4 Å². The topological polar surface area (TPSA) is 30.5 Å². The van der Waals surface area contributed by atoms with E-state index in [-0.39, 0.29) is 0 Å². The van der Waals surface area contributed by atoms with Gasteiger partial charge in [-0.3, -0.25) is 0 Å². The van der Waals surface area contributed by atoms with Crippen LogP contribution in [0.15, 0.2) is 24.3 Å². The zero-order valence-corrected chi connectivity index (χ0v) is 13.2.